The molecule has 2 aliphatic heterocycles. The normalized spacial score (nSPS) is 57.4. The van der Waals surface area contributed by atoms with Gasteiger partial charge in [0.25, 0.3) is 0 Å². The van der Waals surface area contributed by atoms with Crippen LogP contribution in [0.5, 0.6) is 0 Å². The van der Waals surface area contributed by atoms with Crippen LogP contribution in [0.2, 0.25) is 0 Å². The molecule has 166 valence electrons. The number of carbonyl (C=O) groups excluding carboxylic acids is 1. The maximum atomic E-state index is 12.1. The highest BCUT2D eigenvalue weighted by atomic mass is 16.7. The van der Waals surface area contributed by atoms with Gasteiger partial charge in [-0.05, 0) is 78.9 Å². The van der Waals surface area contributed by atoms with Crippen molar-refractivity contribution >= 4 is 5.78 Å². The lowest BCUT2D eigenvalue weighted by Crippen LogP contribution is -2.52. The van der Waals surface area contributed by atoms with Crippen molar-refractivity contribution in [2.75, 3.05) is 6.61 Å². The summed E-state index contributed by atoms with van der Waals surface area (Å²) < 4.78 is 13.3. The van der Waals surface area contributed by atoms with Crippen molar-refractivity contribution in [3.05, 3.63) is 11.6 Å². The molecule has 1 spiro atoms. The molecule has 0 aromatic carbocycles. The highest BCUT2D eigenvalue weighted by Crippen LogP contribution is 2.70. The Morgan fingerprint density at radius 1 is 1.07 bits per heavy atom. The molecule has 3 nitrogen and oxygen atoms in total. The lowest BCUT2D eigenvalue weighted by atomic mass is 9.47. The van der Waals surface area contributed by atoms with E-state index in [-0.39, 0.29) is 11.2 Å². The number of allylic oxidation sites excluding steroid dienone is 2. The smallest absolute Gasteiger partial charge is 0.171 e. The summed E-state index contributed by atoms with van der Waals surface area (Å²) in [7, 11) is 0. The third kappa shape index (κ3) is 2.48. The average Bonchev–Trinajstić information content (AvgIpc) is 3.16. The van der Waals surface area contributed by atoms with Crippen LogP contribution in [0.25, 0.3) is 0 Å². The minimum atomic E-state index is -0.304. The fourth-order valence-corrected chi connectivity index (χ4v) is 9.49. The van der Waals surface area contributed by atoms with Crippen molar-refractivity contribution in [2.45, 2.75) is 97.4 Å². The largest absolute Gasteiger partial charge is 0.349 e. The fraction of sp³-hybridized carbons (Fsp3) is 0.889. The van der Waals surface area contributed by atoms with Crippen molar-refractivity contribution < 1.29 is 14.3 Å². The summed E-state index contributed by atoms with van der Waals surface area (Å²) in [5, 5.41) is 0. The lowest BCUT2D eigenvalue weighted by Gasteiger charge is -2.58. The molecule has 0 bridgehead atoms. The van der Waals surface area contributed by atoms with Gasteiger partial charge in [-0.1, -0.05) is 39.3 Å². The summed E-state index contributed by atoms with van der Waals surface area (Å²) >= 11 is 0. The van der Waals surface area contributed by atoms with Crippen LogP contribution in [-0.2, 0) is 14.3 Å². The number of hydrogen-bond donors (Lipinski definition) is 0. The van der Waals surface area contributed by atoms with Gasteiger partial charge in [-0.2, -0.15) is 0 Å². The van der Waals surface area contributed by atoms with Gasteiger partial charge < -0.3 is 9.47 Å². The summed E-state index contributed by atoms with van der Waals surface area (Å²) in [4.78, 5) is 12.1. The zero-order valence-electron chi connectivity index (χ0n) is 19.4. The molecule has 5 fully saturated rings. The predicted octanol–water partition coefficient (Wildman–Crippen LogP) is 5.92. The Labute approximate surface area is 182 Å². The Bertz CT molecular complexity index is 777. The molecule has 2 unspecified atom stereocenters. The second-order valence-electron chi connectivity index (χ2n) is 12.5. The van der Waals surface area contributed by atoms with Crippen molar-refractivity contribution in [1.82, 2.24) is 0 Å². The third-order valence-electron chi connectivity index (χ3n) is 11.2. The highest BCUT2D eigenvalue weighted by molar-refractivity contribution is 5.82. The first-order chi connectivity index (χ1) is 14.3. The second kappa shape index (κ2) is 6.44. The molecule has 4 aliphatic carbocycles. The molecular weight excluding hydrogens is 372 g/mol. The number of Topliss-reactive ketones (excluding diaryl/α,β-unsaturated/α-hetero) is 1. The number of ether oxygens (including phenoxy) is 2. The Morgan fingerprint density at radius 2 is 1.90 bits per heavy atom. The molecule has 0 N–H and O–H groups in total. The maximum absolute atomic E-state index is 12.1. The van der Waals surface area contributed by atoms with Gasteiger partial charge in [0.15, 0.2) is 5.79 Å². The number of hydrogen-bond acceptors (Lipinski definition) is 3. The summed E-state index contributed by atoms with van der Waals surface area (Å²) in [5.41, 5.74) is 2.13. The van der Waals surface area contributed by atoms with E-state index < -0.39 is 0 Å². The summed E-state index contributed by atoms with van der Waals surface area (Å²) in [6, 6.07) is 0. The second-order valence-corrected chi connectivity index (χ2v) is 12.5. The minimum absolute atomic E-state index is 0.270. The Morgan fingerprint density at radius 3 is 2.67 bits per heavy atom. The van der Waals surface area contributed by atoms with E-state index in [4.69, 9.17) is 9.47 Å². The van der Waals surface area contributed by atoms with Gasteiger partial charge in [-0.25, -0.2) is 0 Å². The van der Waals surface area contributed by atoms with Crippen LogP contribution >= 0.6 is 0 Å². The predicted molar refractivity (Wildman–Crippen MR) is 117 cm³/mol. The van der Waals surface area contributed by atoms with Gasteiger partial charge in [0, 0.05) is 25.2 Å². The minimum Gasteiger partial charge on any atom is -0.349 e. The van der Waals surface area contributed by atoms with Gasteiger partial charge in [0.2, 0.25) is 0 Å². The first-order valence-electron chi connectivity index (χ1n) is 12.8. The van der Waals surface area contributed by atoms with Crippen LogP contribution in [0, 0.1) is 46.3 Å². The molecule has 6 aliphatic rings. The molecule has 0 aromatic heterocycles. The van der Waals surface area contributed by atoms with E-state index in [0.29, 0.717) is 35.1 Å². The Kier molecular flexibility index (Phi) is 4.29. The van der Waals surface area contributed by atoms with E-state index in [1.165, 1.54) is 37.7 Å². The molecule has 3 heteroatoms. The van der Waals surface area contributed by atoms with E-state index in [1.807, 2.05) is 0 Å². The van der Waals surface area contributed by atoms with E-state index in [9.17, 15) is 4.79 Å². The number of fused-ring (bicyclic) bond motifs is 7. The highest BCUT2D eigenvalue weighted by Gasteiger charge is 2.68. The number of carbonyl (C=O) groups is 1. The third-order valence-corrected chi connectivity index (χ3v) is 11.2. The maximum Gasteiger partial charge on any atom is 0.171 e. The van der Waals surface area contributed by atoms with Crippen LogP contribution in [0.4, 0.5) is 0 Å². The van der Waals surface area contributed by atoms with Gasteiger partial charge >= 0.3 is 0 Å². The van der Waals surface area contributed by atoms with Crippen LogP contribution in [0.15, 0.2) is 11.6 Å². The first kappa shape index (κ1) is 20.0. The monoisotopic (exact) mass is 412 g/mol. The molecule has 2 heterocycles. The van der Waals surface area contributed by atoms with Gasteiger partial charge in [0.05, 0.1) is 12.7 Å². The van der Waals surface area contributed by atoms with Gasteiger partial charge in [-0.3, -0.25) is 4.79 Å². The molecule has 2 saturated heterocycles. The summed E-state index contributed by atoms with van der Waals surface area (Å²) in [6.45, 7) is 10.7. The van der Waals surface area contributed by atoms with Crippen molar-refractivity contribution in [1.29, 1.82) is 0 Å². The first-order valence-corrected chi connectivity index (χ1v) is 12.8. The topological polar surface area (TPSA) is 35.5 Å². The number of rotatable bonds is 0. The van der Waals surface area contributed by atoms with Crippen LogP contribution in [-0.4, -0.2) is 24.3 Å². The lowest BCUT2D eigenvalue weighted by molar-refractivity contribution is -0.272. The van der Waals surface area contributed by atoms with Crippen molar-refractivity contribution in [2.24, 2.45) is 46.3 Å². The van der Waals surface area contributed by atoms with Crippen LogP contribution in [0.1, 0.15) is 85.5 Å². The molecule has 0 amide bonds. The van der Waals surface area contributed by atoms with E-state index in [1.54, 1.807) is 0 Å². The molecule has 3 saturated carbocycles. The zero-order chi connectivity index (χ0) is 20.9. The molecule has 30 heavy (non-hydrogen) atoms. The summed E-state index contributed by atoms with van der Waals surface area (Å²) in [6.07, 6.45) is 12.9. The molecule has 0 aromatic rings. The standard InChI is InChI=1S/C27H40O3/c1-16-7-12-27(29-15-16)17(2)24-23(30-27)14-22-20-6-5-18-13-19(28)8-10-25(18,3)21(20)9-11-26(22,24)4/h5,16-17,20-24H,6-15H2,1-4H3/t16?,17-,20+,21-,22-,23-,24-,25-,26-,27?/m0/s1. The van der Waals surface area contributed by atoms with Crippen molar-refractivity contribution in [3.8, 4) is 0 Å². The van der Waals surface area contributed by atoms with E-state index >= 15 is 0 Å². The number of ketones is 1. The average molecular weight is 413 g/mol. The Hall–Kier alpha value is -0.670. The van der Waals surface area contributed by atoms with Crippen LogP contribution in [0.3, 0.4) is 0 Å². The van der Waals surface area contributed by atoms with E-state index in [2.05, 4.69) is 33.8 Å². The molecular formula is C27H40O3. The van der Waals surface area contributed by atoms with Crippen LogP contribution < -0.4 is 0 Å². The van der Waals surface area contributed by atoms with Gasteiger partial charge in [0.1, 0.15) is 5.78 Å². The van der Waals surface area contributed by atoms with E-state index in [0.717, 1.165) is 50.0 Å². The fourth-order valence-electron chi connectivity index (χ4n) is 9.49. The quantitative estimate of drug-likeness (QED) is 0.463. The zero-order valence-corrected chi connectivity index (χ0v) is 19.4. The molecule has 10 atom stereocenters. The molecule has 6 rings (SSSR count). The summed E-state index contributed by atoms with van der Waals surface area (Å²) in [5.74, 6) is 4.26. The Balaban J connectivity index is 1.29. The SMILES string of the molecule is CC1CCC2(OC1)O[C@H]1C[C@H]3[C@@H]4CC=C5CC(=O)CC[C@]5(C)[C@H]4CC[C@]3(C)[C@H]1[C@@H]2C. The van der Waals surface area contributed by atoms with Crippen molar-refractivity contribution in [3.63, 3.8) is 0 Å². The molecule has 0 radical (unpaired) electrons. The van der Waals surface area contributed by atoms with Gasteiger partial charge in [-0.15, -0.1) is 0 Å².